The van der Waals surface area contributed by atoms with Crippen molar-refractivity contribution in [2.45, 2.75) is 13.5 Å². The second kappa shape index (κ2) is 4.59. The van der Waals surface area contributed by atoms with E-state index in [4.69, 9.17) is 5.73 Å². The highest BCUT2D eigenvalue weighted by atomic mass is 19.1. The Balaban J connectivity index is 2.27. The van der Waals surface area contributed by atoms with E-state index in [0.29, 0.717) is 29.0 Å². The molecule has 0 aliphatic carbocycles. The van der Waals surface area contributed by atoms with Crippen LogP contribution in [-0.2, 0) is 6.54 Å². The Morgan fingerprint density at radius 3 is 2.65 bits per heavy atom. The number of halogens is 2. The molecule has 3 aromatic rings. The zero-order chi connectivity index (χ0) is 14.3. The van der Waals surface area contributed by atoms with E-state index in [1.165, 1.54) is 24.3 Å². The molecule has 0 unspecified atom stereocenters. The number of aryl methyl sites for hydroxylation is 1. The van der Waals surface area contributed by atoms with Gasteiger partial charge in [-0.05, 0) is 43.3 Å². The summed E-state index contributed by atoms with van der Waals surface area (Å²) in [5.41, 5.74) is 7.57. The van der Waals surface area contributed by atoms with Crippen LogP contribution in [0.4, 0.5) is 14.5 Å². The number of hydrogen-bond donors (Lipinski definition) is 1. The minimum atomic E-state index is -0.483. The monoisotopic (exact) mass is 273 g/mol. The predicted molar refractivity (Wildman–Crippen MR) is 75.2 cm³/mol. The number of fused-ring (bicyclic) bond motifs is 1. The van der Waals surface area contributed by atoms with Crippen molar-refractivity contribution < 1.29 is 8.78 Å². The fourth-order valence-corrected chi connectivity index (χ4v) is 2.30. The van der Waals surface area contributed by atoms with Crippen molar-refractivity contribution in [1.29, 1.82) is 0 Å². The average Bonchev–Trinajstić information content (AvgIpc) is 2.79. The Labute approximate surface area is 114 Å². The first-order chi connectivity index (χ1) is 9.60. The quantitative estimate of drug-likeness (QED) is 0.725. The van der Waals surface area contributed by atoms with Crippen LogP contribution in [0.25, 0.3) is 22.4 Å². The molecule has 0 amide bonds. The maximum absolute atomic E-state index is 13.6. The minimum absolute atomic E-state index is 0.0963. The summed E-state index contributed by atoms with van der Waals surface area (Å²) in [5.74, 6) is -0.197. The Hall–Kier alpha value is -2.43. The number of nitrogens with zero attached hydrogens (tertiary/aromatic N) is 2. The molecule has 0 aliphatic heterocycles. The molecule has 1 aromatic heterocycles. The van der Waals surface area contributed by atoms with Crippen LogP contribution in [0.15, 0.2) is 36.4 Å². The summed E-state index contributed by atoms with van der Waals surface area (Å²) in [7, 11) is 0. The maximum Gasteiger partial charge on any atom is 0.146 e. The van der Waals surface area contributed by atoms with Gasteiger partial charge in [-0.3, -0.25) is 0 Å². The zero-order valence-electron chi connectivity index (χ0n) is 10.9. The van der Waals surface area contributed by atoms with Crippen LogP contribution in [0.3, 0.4) is 0 Å². The smallest absolute Gasteiger partial charge is 0.146 e. The fraction of sp³-hybridized carbons (Fsp3) is 0.133. The first-order valence-corrected chi connectivity index (χ1v) is 6.31. The topological polar surface area (TPSA) is 43.8 Å². The summed E-state index contributed by atoms with van der Waals surface area (Å²) in [6, 6.07) is 8.98. The molecule has 1 heterocycles. The molecule has 3 rings (SSSR count). The highest BCUT2D eigenvalue weighted by Crippen LogP contribution is 2.27. The summed E-state index contributed by atoms with van der Waals surface area (Å²) in [4.78, 5) is 4.45. The van der Waals surface area contributed by atoms with Crippen LogP contribution in [0.5, 0.6) is 0 Å². The third-order valence-electron chi connectivity index (χ3n) is 3.29. The van der Waals surface area contributed by atoms with Crippen LogP contribution in [0.1, 0.15) is 6.92 Å². The van der Waals surface area contributed by atoms with E-state index in [-0.39, 0.29) is 11.5 Å². The predicted octanol–water partition coefficient (Wildman–Crippen LogP) is 3.58. The van der Waals surface area contributed by atoms with Gasteiger partial charge in [0.05, 0.1) is 16.7 Å². The molecular formula is C15H13F2N3. The molecule has 20 heavy (non-hydrogen) atoms. The summed E-state index contributed by atoms with van der Waals surface area (Å²) >= 11 is 0. The number of hydrogen-bond acceptors (Lipinski definition) is 2. The molecule has 0 saturated carbocycles. The molecule has 0 fully saturated rings. The van der Waals surface area contributed by atoms with Gasteiger partial charge in [-0.25, -0.2) is 13.8 Å². The van der Waals surface area contributed by atoms with Crippen molar-refractivity contribution in [3.05, 3.63) is 48.0 Å². The van der Waals surface area contributed by atoms with Gasteiger partial charge in [-0.2, -0.15) is 0 Å². The summed E-state index contributed by atoms with van der Waals surface area (Å²) in [5, 5.41) is 0. The molecule has 0 saturated heterocycles. The van der Waals surface area contributed by atoms with Crippen molar-refractivity contribution in [2.24, 2.45) is 0 Å². The normalized spacial score (nSPS) is 11.2. The van der Waals surface area contributed by atoms with Gasteiger partial charge in [-0.15, -0.1) is 0 Å². The number of nitrogen functional groups attached to an aromatic ring is 1. The zero-order valence-corrected chi connectivity index (χ0v) is 10.9. The lowest BCUT2D eigenvalue weighted by Gasteiger charge is -2.07. The van der Waals surface area contributed by atoms with E-state index in [1.54, 1.807) is 12.1 Å². The van der Waals surface area contributed by atoms with E-state index in [0.717, 1.165) is 0 Å². The van der Waals surface area contributed by atoms with Gasteiger partial charge < -0.3 is 10.3 Å². The number of anilines is 1. The second-order valence-corrected chi connectivity index (χ2v) is 4.55. The van der Waals surface area contributed by atoms with E-state index in [1.807, 2.05) is 11.5 Å². The molecule has 2 aromatic carbocycles. The maximum atomic E-state index is 13.6. The van der Waals surface area contributed by atoms with Gasteiger partial charge in [0.25, 0.3) is 0 Å². The number of nitrogens with two attached hydrogens (primary N) is 1. The molecule has 3 nitrogen and oxygen atoms in total. The van der Waals surface area contributed by atoms with Crippen molar-refractivity contribution in [2.75, 3.05) is 5.73 Å². The molecule has 0 radical (unpaired) electrons. The third kappa shape index (κ3) is 1.91. The Morgan fingerprint density at radius 1 is 1.15 bits per heavy atom. The first-order valence-electron chi connectivity index (χ1n) is 6.31. The average molecular weight is 273 g/mol. The van der Waals surface area contributed by atoms with E-state index in [9.17, 15) is 8.78 Å². The van der Waals surface area contributed by atoms with Gasteiger partial charge in [0, 0.05) is 12.1 Å². The molecule has 0 aliphatic rings. The van der Waals surface area contributed by atoms with Crippen LogP contribution < -0.4 is 5.73 Å². The Morgan fingerprint density at radius 2 is 1.95 bits per heavy atom. The number of aromatic nitrogens is 2. The van der Waals surface area contributed by atoms with E-state index < -0.39 is 5.82 Å². The minimum Gasteiger partial charge on any atom is -0.396 e. The van der Waals surface area contributed by atoms with E-state index in [2.05, 4.69) is 4.98 Å². The number of imidazole rings is 1. The molecular weight excluding hydrogens is 260 g/mol. The van der Waals surface area contributed by atoms with Crippen LogP contribution in [-0.4, -0.2) is 9.55 Å². The third-order valence-corrected chi connectivity index (χ3v) is 3.29. The lowest BCUT2D eigenvalue weighted by atomic mass is 10.2. The van der Waals surface area contributed by atoms with Gasteiger partial charge in [0.15, 0.2) is 0 Å². The standard InChI is InChI=1S/C15H13F2N3/c1-2-20-14-8-10(16)4-6-13(14)19-15(20)9-3-5-12(18)11(17)7-9/h3-8H,2,18H2,1H3. The second-order valence-electron chi connectivity index (χ2n) is 4.55. The Kier molecular flexibility index (Phi) is 2.89. The highest BCUT2D eigenvalue weighted by Gasteiger charge is 2.13. The Bertz CT molecular complexity index is 793. The van der Waals surface area contributed by atoms with Crippen LogP contribution in [0, 0.1) is 11.6 Å². The largest absolute Gasteiger partial charge is 0.396 e. The highest BCUT2D eigenvalue weighted by molar-refractivity contribution is 5.81. The van der Waals surface area contributed by atoms with Crippen molar-refractivity contribution >= 4 is 16.7 Å². The summed E-state index contributed by atoms with van der Waals surface area (Å²) in [6.45, 7) is 2.55. The SMILES string of the molecule is CCn1c(-c2ccc(N)c(F)c2)nc2ccc(F)cc21. The number of benzene rings is 2. The van der Waals surface area contributed by atoms with Gasteiger partial charge in [0.1, 0.15) is 17.5 Å². The van der Waals surface area contributed by atoms with Gasteiger partial charge in [0.2, 0.25) is 0 Å². The fourth-order valence-electron chi connectivity index (χ4n) is 2.30. The lowest BCUT2D eigenvalue weighted by molar-refractivity contribution is 0.628. The molecule has 2 N–H and O–H groups in total. The van der Waals surface area contributed by atoms with Crippen molar-refractivity contribution in [3.8, 4) is 11.4 Å². The summed E-state index contributed by atoms with van der Waals surface area (Å²) < 4.78 is 28.8. The van der Waals surface area contributed by atoms with E-state index >= 15 is 0 Å². The van der Waals surface area contributed by atoms with Crippen molar-refractivity contribution in [1.82, 2.24) is 9.55 Å². The molecule has 102 valence electrons. The van der Waals surface area contributed by atoms with Gasteiger partial charge in [-0.1, -0.05) is 0 Å². The molecule has 0 bridgehead atoms. The van der Waals surface area contributed by atoms with Crippen molar-refractivity contribution in [3.63, 3.8) is 0 Å². The van der Waals surface area contributed by atoms with Gasteiger partial charge >= 0.3 is 0 Å². The van der Waals surface area contributed by atoms with Crippen LogP contribution >= 0.6 is 0 Å². The number of rotatable bonds is 2. The lowest BCUT2D eigenvalue weighted by Crippen LogP contribution is -1.99. The first kappa shape index (κ1) is 12.6. The molecule has 0 atom stereocenters. The molecule has 5 heteroatoms. The molecule has 0 spiro atoms. The van der Waals surface area contributed by atoms with Crippen LogP contribution in [0.2, 0.25) is 0 Å². The summed E-state index contributed by atoms with van der Waals surface area (Å²) in [6.07, 6.45) is 0.